The fourth-order valence-electron chi connectivity index (χ4n) is 4.47. The van der Waals surface area contributed by atoms with Gasteiger partial charge in [0.05, 0.1) is 12.7 Å². The van der Waals surface area contributed by atoms with E-state index >= 15 is 0 Å². The van der Waals surface area contributed by atoms with Gasteiger partial charge in [-0.25, -0.2) is 13.2 Å². The second-order valence-electron chi connectivity index (χ2n) is 8.83. The Hall–Kier alpha value is -3.05. The van der Waals surface area contributed by atoms with Gasteiger partial charge in [0.25, 0.3) is 0 Å². The summed E-state index contributed by atoms with van der Waals surface area (Å²) in [5.74, 6) is -1.54. The van der Waals surface area contributed by atoms with Crippen LogP contribution in [0.1, 0.15) is 48.3 Å². The Kier molecular flexibility index (Phi) is 7.73. The topological polar surface area (TPSA) is 18.5 Å². The molecule has 0 aromatic heterocycles. The number of benzene rings is 3. The van der Waals surface area contributed by atoms with Crippen molar-refractivity contribution in [3.05, 3.63) is 101 Å². The minimum absolute atomic E-state index is 0.0351. The van der Waals surface area contributed by atoms with Gasteiger partial charge in [-0.3, -0.25) is 0 Å². The molecule has 1 saturated carbocycles. The maximum absolute atomic E-state index is 15.0. The molecule has 0 heterocycles. The van der Waals surface area contributed by atoms with Gasteiger partial charge in [-0.1, -0.05) is 60.7 Å². The first-order chi connectivity index (χ1) is 16.5. The number of ether oxygens (including phenoxy) is 2. The van der Waals surface area contributed by atoms with Crippen molar-refractivity contribution in [2.45, 2.75) is 51.2 Å². The minimum atomic E-state index is -0.796. The molecule has 0 spiro atoms. The molecule has 0 radical (unpaired) electrons. The molecule has 34 heavy (non-hydrogen) atoms. The molecule has 0 saturated heterocycles. The van der Waals surface area contributed by atoms with Crippen LogP contribution in [-0.4, -0.2) is 12.7 Å². The number of hydrogen-bond acceptors (Lipinski definition) is 2. The van der Waals surface area contributed by atoms with Gasteiger partial charge in [0.1, 0.15) is 18.2 Å². The van der Waals surface area contributed by atoms with Crippen molar-refractivity contribution in [2.75, 3.05) is 6.61 Å². The maximum atomic E-state index is 15.0. The van der Waals surface area contributed by atoms with Crippen molar-refractivity contribution < 1.29 is 22.6 Å². The van der Waals surface area contributed by atoms with Crippen LogP contribution in [0.4, 0.5) is 13.2 Å². The highest BCUT2D eigenvalue weighted by Crippen LogP contribution is 2.38. The lowest BCUT2D eigenvalue weighted by Gasteiger charge is -2.29. The van der Waals surface area contributed by atoms with Gasteiger partial charge in [-0.2, -0.15) is 0 Å². The number of aryl methyl sites for hydroxylation is 1. The lowest BCUT2D eigenvalue weighted by Crippen LogP contribution is -2.21. The van der Waals surface area contributed by atoms with Crippen molar-refractivity contribution >= 4 is 0 Å². The molecule has 0 amide bonds. The molecule has 3 aromatic rings. The SMILES string of the molecule is C=CCOc1ccc(COC2CCC(c3ccc(-c4ccc(C)cc4)c(F)c3F)CC2)c(F)c1. The molecule has 2 nitrogen and oxygen atoms in total. The van der Waals surface area contributed by atoms with E-state index in [0.29, 0.717) is 54.7 Å². The fraction of sp³-hybridized carbons (Fsp3) is 0.310. The van der Waals surface area contributed by atoms with E-state index in [2.05, 4.69) is 6.58 Å². The first-order valence-corrected chi connectivity index (χ1v) is 11.6. The zero-order valence-corrected chi connectivity index (χ0v) is 19.3. The third kappa shape index (κ3) is 5.53. The predicted octanol–water partition coefficient (Wildman–Crippen LogP) is 7.89. The fourth-order valence-corrected chi connectivity index (χ4v) is 4.47. The lowest BCUT2D eigenvalue weighted by molar-refractivity contribution is 0.0118. The van der Waals surface area contributed by atoms with Crippen molar-refractivity contribution in [3.8, 4) is 16.9 Å². The van der Waals surface area contributed by atoms with Gasteiger partial charge < -0.3 is 9.47 Å². The molecule has 4 rings (SSSR count). The Balaban J connectivity index is 1.34. The van der Waals surface area contributed by atoms with Crippen LogP contribution in [0.5, 0.6) is 5.75 Å². The molecule has 1 aliphatic carbocycles. The van der Waals surface area contributed by atoms with Gasteiger partial charge in [-0.15, -0.1) is 0 Å². The first-order valence-electron chi connectivity index (χ1n) is 11.6. The summed E-state index contributed by atoms with van der Waals surface area (Å²) in [7, 11) is 0. The van der Waals surface area contributed by atoms with E-state index in [0.717, 1.165) is 5.56 Å². The third-order valence-corrected chi connectivity index (χ3v) is 6.46. The molecule has 1 fully saturated rings. The number of halogens is 3. The van der Waals surface area contributed by atoms with Crippen molar-refractivity contribution in [1.29, 1.82) is 0 Å². The highest BCUT2D eigenvalue weighted by molar-refractivity contribution is 5.65. The molecule has 0 aliphatic heterocycles. The van der Waals surface area contributed by atoms with Crippen LogP contribution in [0.3, 0.4) is 0 Å². The summed E-state index contributed by atoms with van der Waals surface area (Å²) in [6, 6.07) is 15.5. The zero-order valence-electron chi connectivity index (χ0n) is 19.3. The van der Waals surface area contributed by atoms with Crippen molar-refractivity contribution in [3.63, 3.8) is 0 Å². The molecule has 0 N–H and O–H groups in total. The third-order valence-electron chi connectivity index (χ3n) is 6.46. The molecule has 5 heteroatoms. The van der Waals surface area contributed by atoms with Gasteiger partial charge in [-0.05, 0) is 55.7 Å². The predicted molar refractivity (Wildman–Crippen MR) is 128 cm³/mol. The molecule has 0 bridgehead atoms. The van der Waals surface area contributed by atoms with Crippen LogP contribution in [0.2, 0.25) is 0 Å². The Bertz CT molecular complexity index is 1130. The Morgan fingerprint density at radius 3 is 2.32 bits per heavy atom. The average Bonchev–Trinajstić information content (AvgIpc) is 2.85. The van der Waals surface area contributed by atoms with E-state index in [9.17, 15) is 13.2 Å². The van der Waals surface area contributed by atoms with Crippen molar-refractivity contribution in [2.24, 2.45) is 0 Å². The normalized spacial score (nSPS) is 18.0. The smallest absolute Gasteiger partial charge is 0.166 e. The second kappa shape index (κ2) is 10.9. The largest absolute Gasteiger partial charge is 0.489 e. The second-order valence-corrected chi connectivity index (χ2v) is 8.83. The number of rotatable bonds is 8. The first kappa shape index (κ1) is 24.1. The summed E-state index contributed by atoms with van der Waals surface area (Å²) in [5.41, 5.74) is 2.90. The molecular formula is C29H29F3O2. The standard InChI is InChI=1S/C29H29F3O2/c1-3-16-33-24-13-10-22(27(30)17-24)18-34-23-11-8-21(9-12-23)26-15-14-25(28(31)29(26)32)20-6-4-19(2)5-7-20/h3-7,10,13-15,17,21,23H,1,8-9,11-12,16,18H2,2H3. The highest BCUT2D eigenvalue weighted by atomic mass is 19.2. The average molecular weight is 467 g/mol. The van der Waals surface area contributed by atoms with E-state index in [4.69, 9.17) is 9.47 Å². The summed E-state index contributed by atoms with van der Waals surface area (Å²) < 4.78 is 55.4. The van der Waals surface area contributed by atoms with E-state index in [1.165, 1.54) is 6.07 Å². The monoisotopic (exact) mass is 466 g/mol. The van der Waals surface area contributed by atoms with Crippen LogP contribution >= 0.6 is 0 Å². The summed E-state index contributed by atoms with van der Waals surface area (Å²) in [5, 5.41) is 0. The van der Waals surface area contributed by atoms with E-state index < -0.39 is 11.6 Å². The summed E-state index contributed by atoms with van der Waals surface area (Å²) in [6.45, 7) is 6.01. The van der Waals surface area contributed by atoms with E-state index in [-0.39, 0.29) is 30.0 Å². The van der Waals surface area contributed by atoms with Crippen LogP contribution in [0.25, 0.3) is 11.1 Å². The summed E-state index contributed by atoms with van der Waals surface area (Å²) in [6.07, 6.45) is 4.39. The van der Waals surface area contributed by atoms with Gasteiger partial charge in [0, 0.05) is 17.2 Å². The maximum Gasteiger partial charge on any atom is 0.166 e. The summed E-state index contributed by atoms with van der Waals surface area (Å²) in [4.78, 5) is 0. The quantitative estimate of drug-likeness (QED) is 0.314. The zero-order chi connectivity index (χ0) is 24.1. The molecule has 1 aliphatic rings. The van der Waals surface area contributed by atoms with Crippen LogP contribution in [0, 0.1) is 24.4 Å². The van der Waals surface area contributed by atoms with Crippen LogP contribution in [-0.2, 0) is 11.3 Å². The van der Waals surface area contributed by atoms with E-state index in [1.807, 2.05) is 19.1 Å². The van der Waals surface area contributed by atoms with Crippen LogP contribution in [0.15, 0.2) is 67.3 Å². The van der Waals surface area contributed by atoms with E-state index in [1.54, 1.807) is 42.5 Å². The van der Waals surface area contributed by atoms with Gasteiger partial charge >= 0.3 is 0 Å². The van der Waals surface area contributed by atoms with Crippen molar-refractivity contribution in [1.82, 2.24) is 0 Å². The lowest BCUT2D eigenvalue weighted by atomic mass is 9.82. The summed E-state index contributed by atoms with van der Waals surface area (Å²) >= 11 is 0. The molecule has 0 unspecified atom stereocenters. The van der Waals surface area contributed by atoms with Crippen LogP contribution < -0.4 is 4.74 Å². The molecular weight excluding hydrogens is 437 g/mol. The molecule has 178 valence electrons. The Morgan fingerprint density at radius 1 is 0.912 bits per heavy atom. The Morgan fingerprint density at radius 2 is 1.65 bits per heavy atom. The number of hydrogen-bond donors (Lipinski definition) is 0. The van der Waals surface area contributed by atoms with Gasteiger partial charge in [0.15, 0.2) is 11.6 Å². The highest BCUT2D eigenvalue weighted by Gasteiger charge is 2.27. The van der Waals surface area contributed by atoms with Gasteiger partial charge in [0.2, 0.25) is 0 Å². The minimum Gasteiger partial charge on any atom is -0.489 e. The Labute approximate surface area is 199 Å². The molecule has 0 atom stereocenters. The molecule has 3 aromatic carbocycles.